The Kier molecular flexibility index (Phi) is 7.24. The van der Waals surface area contributed by atoms with E-state index < -0.39 is 5.97 Å². The summed E-state index contributed by atoms with van der Waals surface area (Å²) in [5.41, 5.74) is 2.07. The van der Waals surface area contributed by atoms with Crippen LogP contribution in [0.5, 0.6) is 0 Å². The molecule has 0 radical (unpaired) electrons. The summed E-state index contributed by atoms with van der Waals surface area (Å²) in [4.78, 5) is 10.2. The molecule has 1 aromatic rings. The number of rotatable bonds is 2. The molecular formula is C10H14O4. The number of hydrogen-bond acceptors (Lipinski definition) is 1. The summed E-state index contributed by atoms with van der Waals surface area (Å²) in [6, 6.07) is 7.66. The van der Waals surface area contributed by atoms with Crippen LogP contribution in [0.3, 0.4) is 0 Å². The van der Waals surface area contributed by atoms with E-state index in [0.717, 1.165) is 11.6 Å². The summed E-state index contributed by atoms with van der Waals surface area (Å²) in [5.74, 6) is -0.921. The van der Waals surface area contributed by atoms with Crippen LogP contribution in [-0.2, 0) is 4.79 Å². The highest BCUT2D eigenvalue weighted by Crippen LogP contribution is 2.04. The van der Waals surface area contributed by atoms with Gasteiger partial charge in [0.2, 0.25) is 0 Å². The first-order valence-corrected chi connectivity index (χ1v) is 3.66. The lowest BCUT2D eigenvalue weighted by Crippen LogP contribution is -1.85. The lowest BCUT2D eigenvalue weighted by atomic mass is 10.1. The van der Waals surface area contributed by atoms with Crippen molar-refractivity contribution in [2.24, 2.45) is 0 Å². The lowest BCUT2D eigenvalue weighted by molar-refractivity contribution is -0.131. The van der Waals surface area contributed by atoms with Crippen molar-refractivity contribution in [2.75, 3.05) is 0 Å². The molecule has 0 fully saturated rings. The zero-order valence-electron chi connectivity index (χ0n) is 7.82. The zero-order chi connectivity index (χ0) is 8.97. The Morgan fingerprint density at radius 1 is 1.21 bits per heavy atom. The number of benzene rings is 1. The zero-order valence-corrected chi connectivity index (χ0v) is 7.82. The van der Waals surface area contributed by atoms with Gasteiger partial charge < -0.3 is 16.1 Å². The van der Waals surface area contributed by atoms with E-state index in [2.05, 4.69) is 0 Å². The Bertz CT molecular complexity index is 300. The van der Waals surface area contributed by atoms with E-state index in [9.17, 15) is 4.79 Å². The normalized spacial score (nSPS) is 8.93. The molecule has 5 N–H and O–H groups in total. The third-order valence-electron chi connectivity index (χ3n) is 1.50. The quantitative estimate of drug-likeness (QED) is 0.697. The molecule has 14 heavy (non-hydrogen) atoms. The smallest absolute Gasteiger partial charge is 0.328 e. The predicted molar refractivity (Wildman–Crippen MR) is 55.1 cm³/mol. The van der Waals surface area contributed by atoms with Crippen molar-refractivity contribution in [1.29, 1.82) is 0 Å². The Morgan fingerprint density at radius 3 is 2.14 bits per heavy atom. The molecule has 1 aromatic carbocycles. The van der Waals surface area contributed by atoms with E-state index in [-0.39, 0.29) is 11.0 Å². The number of aliphatic carboxylic acids is 1. The molecule has 4 nitrogen and oxygen atoms in total. The van der Waals surface area contributed by atoms with Gasteiger partial charge in [0.05, 0.1) is 0 Å². The molecule has 0 atom stereocenters. The Labute approximate surface area is 82.1 Å². The standard InChI is InChI=1S/C10H10O2.2H2O/c1-8-2-4-9(5-3-8)6-7-10(11)12;;/h2-7H,1H3,(H,11,12);2*1H2. The van der Waals surface area contributed by atoms with Gasteiger partial charge in [-0.2, -0.15) is 0 Å². The van der Waals surface area contributed by atoms with Crippen molar-refractivity contribution in [1.82, 2.24) is 0 Å². The van der Waals surface area contributed by atoms with Crippen LogP contribution in [0.4, 0.5) is 0 Å². The summed E-state index contributed by atoms with van der Waals surface area (Å²) in [7, 11) is 0. The van der Waals surface area contributed by atoms with E-state index in [1.807, 2.05) is 31.2 Å². The van der Waals surface area contributed by atoms with Crippen LogP contribution in [0.2, 0.25) is 0 Å². The molecule has 0 aliphatic rings. The monoisotopic (exact) mass is 198 g/mol. The predicted octanol–water partition coefficient (Wildman–Crippen LogP) is 0.443. The summed E-state index contributed by atoms with van der Waals surface area (Å²) >= 11 is 0. The second-order valence-corrected chi connectivity index (χ2v) is 2.58. The average Bonchev–Trinajstić information content (AvgIpc) is 2.03. The number of aryl methyl sites for hydroxylation is 1. The summed E-state index contributed by atoms with van der Waals surface area (Å²) in [6.45, 7) is 1.99. The van der Waals surface area contributed by atoms with Gasteiger partial charge in [-0.15, -0.1) is 0 Å². The van der Waals surface area contributed by atoms with Gasteiger partial charge in [0.25, 0.3) is 0 Å². The number of carboxylic acids is 1. The van der Waals surface area contributed by atoms with Crippen LogP contribution in [0.25, 0.3) is 6.08 Å². The molecule has 0 bridgehead atoms. The van der Waals surface area contributed by atoms with Gasteiger partial charge >= 0.3 is 5.97 Å². The summed E-state index contributed by atoms with van der Waals surface area (Å²) < 4.78 is 0. The van der Waals surface area contributed by atoms with Gasteiger partial charge in [-0.3, -0.25) is 0 Å². The second-order valence-electron chi connectivity index (χ2n) is 2.58. The van der Waals surface area contributed by atoms with Crippen LogP contribution < -0.4 is 0 Å². The van der Waals surface area contributed by atoms with Crippen molar-refractivity contribution in [3.8, 4) is 0 Å². The minimum atomic E-state index is -0.921. The molecular weight excluding hydrogens is 184 g/mol. The average molecular weight is 198 g/mol. The molecule has 0 heterocycles. The first-order chi connectivity index (χ1) is 5.68. The minimum absolute atomic E-state index is 0. The Morgan fingerprint density at radius 2 is 1.71 bits per heavy atom. The molecule has 0 aliphatic carbocycles. The maximum atomic E-state index is 10.2. The first kappa shape index (κ1) is 14.9. The fourth-order valence-corrected chi connectivity index (χ4v) is 0.845. The van der Waals surface area contributed by atoms with Gasteiger partial charge in [-0.05, 0) is 18.6 Å². The van der Waals surface area contributed by atoms with Crippen LogP contribution >= 0.6 is 0 Å². The van der Waals surface area contributed by atoms with Gasteiger partial charge in [-0.1, -0.05) is 29.8 Å². The fraction of sp³-hybridized carbons (Fsp3) is 0.100. The summed E-state index contributed by atoms with van der Waals surface area (Å²) in [6.07, 6.45) is 2.70. The number of carboxylic acid groups (broad SMARTS) is 1. The van der Waals surface area contributed by atoms with E-state index in [1.54, 1.807) is 6.08 Å². The topological polar surface area (TPSA) is 100 Å². The molecule has 0 aromatic heterocycles. The maximum absolute atomic E-state index is 10.2. The van der Waals surface area contributed by atoms with Crippen LogP contribution in [0, 0.1) is 6.92 Å². The minimum Gasteiger partial charge on any atom is -0.478 e. The molecule has 0 saturated carbocycles. The molecule has 0 amide bonds. The largest absolute Gasteiger partial charge is 0.478 e. The molecule has 0 unspecified atom stereocenters. The van der Waals surface area contributed by atoms with E-state index in [0.29, 0.717) is 0 Å². The molecule has 0 saturated heterocycles. The lowest BCUT2D eigenvalue weighted by Gasteiger charge is -1.92. The van der Waals surface area contributed by atoms with E-state index in [4.69, 9.17) is 5.11 Å². The number of hydrogen-bond donors (Lipinski definition) is 1. The molecule has 78 valence electrons. The van der Waals surface area contributed by atoms with Gasteiger partial charge in [-0.25, -0.2) is 4.79 Å². The fourth-order valence-electron chi connectivity index (χ4n) is 0.845. The van der Waals surface area contributed by atoms with Gasteiger partial charge in [0, 0.05) is 6.08 Å². The van der Waals surface area contributed by atoms with Crippen LogP contribution in [0.15, 0.2) is 30.3 Å². The van der Waals surface area contributed by atoms with Crippen LogP contribution in [-0.4, -0.2) is 22.0 Å². The van der Waals surface area contributed by atoms with Crippen molar-refractivity contribution >= 4 is 12.0 Å². The molecule has 4 heteroatoms. The molecule has 1 rings (SSSR count). The van der Waals surface area contributed by atoms with Crippen LogP contribution in [0.1, 0.15) is 11.1 Å². The SMILES string of the molecule is Cc1ccc(C=CC(=O)O)cc1.O.O. The first-order valence-electron chi connectivity index (χ1n) is 3.66. The third-order valence-corrected chi connectivity index (χ3v) is 1.50. The van der Waals surface area contributed by atoms with E-state index >= 15 is 0 Å². The highest BCUT2D eigenvalue weighted by atomic mass is 16.4. The number of carbonyl (C=O) groups is 1. The van der Waals surface area contributed by atoms with Gasteiger partial charge in [0.15, 0.2) is 0 Å². The van der Waals surface area contributed by atoms with Crippen molar-refractivity contribution in [2.45, 2.75) is 6.92 Å². The van der Waals surface area contributed by atoms with Gasteiger partial charge in [0.1, 0.15) is 0 Å². The Balaban J connectivity index is 0. The molecule has 0 spiro atoms. The molecule has 0 aliphatic heterocycles. The Hall–Kier alpha value is -1.65. The third kappa shape index (κ3) is 5.08. The van der Waals surface area contributed by atoms with Crippen molar-refractivity contribution < 1.29 is 20.9 Å². The van der Waals surface area contributed by atoms with Crippen molar-refractivity contribution in [3.05, 3.63) is 41.5 Å². The van der Waals surface area contributed by atoms with Crippen molar-refractivity contribution in [3.63, 3.8) is 0 Å². The second kappa shape index (κ2) is 6.82. The van der Waals surface area contributed by atoms with E-state index in [1.165, 1.54) is 5.56 Å². The summed E-state index contributed by atoms with van der Waals surface area (Å²) in [5, 5.41) is 8.34. The maximum Gasteiger partial charge on any atom is 0.328 e. The highest BCUT2D eigenvalue weighted by molar-refractivity contribution is 5.85. The highest BCUT2D eigenvalue weighted by Gasteiger charge is 1.88.